The van der Waals surface area contributed by atoms with E-state index in [0.29, 0.717) is 6.54 Å². The van der Waals surface area contributed by atoms with Crippen molar-refractivity contribution in [3.8, 4) is 0 Å². The van der Waals surface area contributed by atoms with E-state index in [1.807, 2.05) is 43.4 Å². The van der Waals surface area contributed by atoms with E-state index >= 15 is 0 Å². The minimum atomic E-state index is -0.142. The Morgan fingerprint density at radius 3 is 1.35 bits per heavy atom. The van der Waals surface area contributed by atoms with E-state index in [9.17, 15) is 0 Å². The van der Waals surface area contributed by atoms with Crippen molar-refractivity contribution in [2.45, 2.75) is 17.8 Å². The van der Waals surface area contributed by atoms with E-state index < -0.39 is 0 Å². The monoisotopic (exact) mass is 658 g/mol. The summed E-state index contributed by atoms with van der Waals surface area (Å²) >= 11 is 0. The number of fused-ring (bicyclic) bond motifs is 6. The quantitative estimate of drug-likeness (QED) is 0.214. The van der Waals surface area contributed by atoms with Crippen LogP contribution in [-0.2, 0) is 20.1 Å². The van der Waals surface area contributed by atoms with Crippen molar-refractivity contribution in [3.63, 3.8) is 0 Å². The molecule has 0 fully saturated rings. The first kappa shape index (κ1) is 25.2. The number of hydrogen-bond acceptors (Lipinski definition) is 3. The molecule has 6 rings (SSSR count). The van der Waals surface area contributed by atoms with Gasteiger partial charge in [0, 0.05) is 29.1 Å². The summed E-state index contributed by atoms with van der Waals surface area (Å²) in [5.74, 6) is -0.325. The van der Waals surface area contributed by atoms with Gasteiger partial charge in [-0.3, -0.25) is 15.0 Å². The maximum absolute atomic E-state index is 5.24. The van der Waals surface area contributed by atoms with Crippen LogP contribution in [0.15, 0.2) is 103 Å². The average molecular weight is 658 g/mol. The standard InChI is InChI=1S/C32H25N4.Ir/c1-33-21-24-25-15-8-17-27(34-25)31(22-11-4-2-5-12-22)29-19-10-20-30(36-29)32(23-13-6-3-7-14-23)28-18-9-16-26(24)35-28;/h2-11,13,15-20,24,31-32H,21H2,1H3;/q-3;+3. The van der Waals surface area contributed by atoms with Gasteiger partial charge in [0.25, 0.3) is 0 Å². The van der Waals surface area contributed by atoms with Gasteiger partial charge in [0.05, 0.1) is 22.8 Å². The van der Waals surface area contributed by atoms with E-state index in [-0.39, 0.29) is 37.9 Å². The van der Waals surface area contributed by atoms with Crippen LogP contribution in [0.3, 0.4) is 0 Å². The molecule has 5 aromatic rings. The molecule has 4 nitrogen and oxygen atoms in total. The molecule has 0 saturated heterocycles. The Bertz CT molecular complexity index is 1370. The molecule has 1 aliphatic rings. The zero-order valence-corrected chi connectivity index (χ0v) is 22.8. The SMILES string of the molecule is C[N-]CC1c2cccc(n2)C(c2[c-]cccc2)c2cccc(n2)C(c2[c-]cccc2)c2cccc1n2.[Ir+3]. The molecule has 4 heterocycles. The van der Waals surface area contributed by atoms with Crippen LogP contribution in [-0.4, -0.2) is 28.5 Å². The van der Waals surface area contributed by atoms with Gasteiger partial charge in [-0.2, -0.15) is 67.7 Å². The average Bonchev–Trinajstić information content (AvgIpc) is 2.93. The molecule has 0 amide bonds. The van der Waals surface area contributed by atoms with E-state index in [2.05, 4.69) is 84.2 Å². The smallest absolute Gasteiger partial charge is 0.664 e. The molecular weight excluding hydrogens is 633 g/mol. The normalized spacial score (nSPS) is 18.1. The van der Waals surface area contributed by atoms with Crippen LogP contribution >= 0.6 is 0 Å². The third kappa shape index (κ3) is 5.03. The first-order valence-electron chi connectivity index (χ1n) is 12.2. The topological polar surface area (TPSA) is 52.8 Å². The number of nitrogens with zero attached hydrogens (tertiary/aromatic N) is 4. The Hall–Kier alpha value is -3.50. The Kier molecular flexibility index (Phi) is 7.66. The van der Waals surface area contributed by atoms with Gasteiger partial charge in [-0.25, -0.2) is 0 Å². The predicted octanol–water partition coefficient (Wildman–Crippen LogP) is 6.28. The second-order valence-corrected chi connectivity index (χ2v) is 9.02. The minimum Gasteiger partial charge on any atom is -0.664 e. The molecule has 37 heavy (non-hydrogen) atoms. The Labute approximate surface area is 231 Å². The molecule has 2 aromatic carbocycles. The van der Waals surface area contributed by atoms with Crippen LogP contribution in [0.25, 0.3) is 5.32 Å². The second-order valence-electron chi connectivity index (χ2n) is 9.02. The molecule has 1 aliphatic heterocycles. The van der Waals surface area contributed by atoms with Crippen LogP contribution in [0.5, 0.6) is 0 Å². The van der Waals surface area contributed by atoms with Crippen molar-refractivity contribution < 1.29 is 20.1 Å². The molecule has 0 saturated carbocycles. The summed E-state index contributed by atoms with van der Waals surface area (Å²) in [6.07, 6.45) is 0. The van der Waals surface area contributed by atoms with Gasteiger partial charge in [0.2, 0.25) is 0 Å². The van der Waals surface area contributed by atoms with E-state index in [0.717, 1.165) is 45.3 Å². The van der Waals surface area contributed by atoms with E-state index in [1.54, 1.807) is 0 Å². The summed E-state index contributed by atoms with van der Waals surface area (Å²) in [6.45, 7) is 0.612. The molecule has 5 heteroatoms. The van der Waals surface area contributed by atoms with Crippen LogP contribution in [0, 0.1) is 12.1 Å². The third-order valence-electron chi connectivity index (χ3n) is 6.73. The summed E-state index contributed by atoms with van der Waals surface area (Å²) in [5, 5.41) is 4.51. The Balaban J connectivity index is 0.00000280. The number of benzene rings is 2. The molecule has 182 valence electrons. The van der Waals surface area contributed by atoms with Crippen molar-refractivity contribution in [1.29, 1.82) is 0 Å². The summed E-state index contributed by atoms with van der Waals surface area (Å²) in [6, 6.07) is 41.8. The number of likely N-dealkylation sites (N-methyl/N-ethyl adjacent to an activating group) is 1. The number of aromatic nitrogens is 3. The van der Waals surface area contributed by atoms with Gasteiger partial charge >= 0.3 is 20.1 Å². The van der Waals surface area contributed by atoms with Crippen LogP contribution in [0.1, 0.15) is 63.0 Å². The van der Waals surface area contributed by atoms with Crippen molar-refractivity contribution >= 4 is 0 Å². The van der Waals surface area contributed by atoms with Gasteiger partial charge in [0.1, 0.15) is 0 Å². The summed E-state index contributed by atoms with van der Waals surface area (Å²) in [7, 11) is 1.85. The fraction of sp³-hybridized carbons (Fsp3) is 0.156. The molecule has 0 N–H and O–H groups in total. The minimum absolute atomic E-state index is 0. The second kappa shape index (κ2) is 11.3. The molecule has 0 spiro atoms. The van der Waals surface area contributed by atoms with Crippen LogP contribution in [0.4, 0.5) is 0 Å². The van der Waals surface area contributed by atoms with Crippen molar-refractivity contribution in [1.82, 2.24) is 15.0 Å². The predicted molar refractivity (Wildman–Crippen MR) is 141 cm³/mol. The van der Waals surface area contributed by atoms with Gasteiger partial charge in [-0.15, -0.1) is 17.7 Å². The Morgan fingerprint density at radius 1 is 0.568 bits per heavy atom. The summed E-state index contributed by atoms with van der Waals surface area (Å²) in [5.41, 5.74) is 7.77. The molecule has 2 atom stereocenters. The largest absolute Gasteiger partial charge is 3.00 e. The van der Waals surface area contributed by atoms with Gasteiger partial charge in [-0.05, 0) is 36.4 Å². The van der Waals surface area contributed by atoms with Gasteiger partial charge in [-0.1, -0.05) is 18.2 Å². The van der Waals surface area contributed by atoms with Crippen LogP contribution in [0.2, 0.25) is 0 Å². The first-order chi connectivity index (χ1) is 17.8. The van der Waals surface area contributed by atoms with Gasteiger partial charge < -0.3 is 5.32 Å². The van der Waals surface area contributed by atoms with Gasteiger partial charge in [0.15, 0.2) is 0 Å². The molecular formula is C32H25IrN4. The zero-order chi connectivity index (χ0) is 24.3. The van der Waals surface area contributed by atoms with Crippen molar-refractivity contribution in [2.75, 3.05) is 13.6 Å². The summed E-state index contributed by atoms with van der Waals surface area (Å²) < 4.78 is 0. The molecule has 6 bridgehead atoms. The van der Waals surface area contributed by atoms with Crippen molar-refractivity contribution in [3.05, 3.63) is 166 Å². The maximum atomic E-state index is 5.24. The fourth-order valence-corrected chi connectivity index (χ4v) is 5.07. The van der Waals surface area contributed by atoms with Crippen LogP contribution < -0.4 is 0 Å². The number of rotatable bonds is 4. The van der Waals surface area contributed by atoms with E-state index in [4.69, 9.17) is 15.0 Å². The number of hydrogen-bond donors (Lipinski definition) is 0. The number of pyridine rings is 3. The molecule has 0 radical (unpaired) electrons. The first-order valence-corrected chi connectivity index (χ1v) is 12.2. The molecule has 3 aromatic heterocycles. The van der Waals surface area contributed by atoms with Crippen molar-refractivity contribution in [2.24, 2.45) is 0 Å². The Morgan fingerprint density at radius 2 is 0.973 bits per heavy atom. The third-order valence-corrected chi connectivity index (χ3v) is 6.73. The molecule has 2 unspecified atom stereocenters. The summed E-state index contributed by atoms with van der Waals surface area (Å²) in [4.78, 5) is 15.6. The van der Waals surface area contributed by atoms with E-state index in [1.165, 1.54) is 0 Å². The maximum Gasteiger partial charge on any atom is 3.00 e. The molecule has 0 aliphatic carbocycles. The zero-order valence-electron chi connectivity index (χ0n) is 20.4. The fourth-order valence-electron chi connectivity index (χ4n) is 5.07.